The van der Waals surface area contributed by atoms with Crippen molar-refractivity contribution in [2.75, 3.05) is 7.11 Å². The largest absolute Gasteiger partial charge is 0.496 e. The van der Waals surface area contributed by atoms with Gasteiger partial charge in [0, 0.05) is 12.1 Å². The molecule has 0 aliphatic heterocycles. The third-order valence-electron chi connectivity index (χ3n) is 3.62. The van der Waals surface area contributed by atoms with E-state index in [1.165, 1.54) is 19.2 Å². The Morgan fingerprint density at radius 3 is 2.75 bits per heavy atom. The summed E-state index contributed by atoms with van der Waals surface area (Å²) >= 11 is 0. The molecule has 0 bridgehead atoms. The smallest absolute Gasteiger partial charge is 0.273 e. The van der Waals surface area contributed by atoms with E-state index in [4.69, 9.17) is 15.2 Å². The minimum Gasteiger partial charge on any atom is -0.496 e. The lowest BCUT2D eigenvalue weighted by Crippen LogP contribution is -2.39. The number of hydrogen-bond donors (Lipinski definition) is 1. The van der Waals surface area contributed by atoms with Gasteiger partial charge < -0.3 is 15.2 Å². The van der Waals surface area contributed by atoms with E-state index in [-0.39, 0.29) is 17.8 Å². The van der Waals surface area contributed by atoms with Crippen molar-refractivity contribution in [3.63, 3.8) is 0 Å². The second-order valence-electron chi connectivity index (χ2n) is 5.09. The molecule has 110 valence electrons. The highest BCUT2D eigenvalue weighted by molar-refractivity contribution is 5.42. The van der Waals surface area contributed by atoms with Crippen LogP contribution in [0, 0.1) is 10.1 Å². The van der Waals surface area contributed by atoms with Crippen LogP contribution in [-0.2, 0) is 11.3 Å². The van der Waals surface area contributed by atoms with Crippen LogP contribution in [0.4, 0.5) is 5.69 Å². The number of ether oxygens (including phenoxy) is 2. The fraction of sp³-hybridized carbons (Fsp3) is 0.571. The summed E-state index contributed by atoms with van der Waals surface area (Å²) in [6.45, 7) is 0.316. The molecular formula is C14H20N2O4. The highest BCUT2D eigenvalue weighted by Crippen LogP contribution is 2.25. The predicted molar refractivity (Wildman–Crippen MR) is 74.7 cm³/mol. The van der Waals surface area contributed by atoms with Gasteiger partial charge in [0.25, 0.3) is 5.69 Å². The molecule has 2 unspecified atom stereocenters. The van der Waals surface area contributed by atoms with Crippen LogP contribution in [0.1, 0.15) is 31.2 Å². The Morgan fingerprint density at radius 2 is 2.10 bits per heavy atom. The summed E-state index contributed by atoms with van der Waals surface area (Å²) in [5.41, 5.74) is 6.76. The topological polar surface area (TPSA) is 87.6 Å². The van der Waals surface area contributed by atoms with E-state index in [1.54, 1.807) is 6.07 Å². The summed E-state index contributed by atoms with van der Waals surface area (Å²) in [4.78, 5) is 10.4. The summed E-state index contributed by atoms with van der Waals surface area (Å²) in [5.74, 6) is 0.464. The number of nitrogens with two attached hydrogens (primary N) is 1. The molecule has 1 fully saturated rings. The zero-order valence-electron chi connectivity index (χ0n) is 11.6. The Hall–Kier alpha value is -1.66. The van der Waals surface area contributed by atoms with E-state index in [0.717, 1.165) is 31.2 Å². The van der Waals surface area contributed by atoms with Gasteiger partial charge in [0.1, 0.15) is 5.75 Å². The Labute approximate surface area is 118 Å². The van der Waals surface area contributed by atoms with E-state index in [0.29, 0.717) is 12.4 Å². The second-order valence-corrected chi connectivity index (χ2v) is 5.09. The number of hydrogen-bond acceptors (Lipinski definition) is 5. The normalized spacial score (nSPS) is 22.5. The summed E-state index contributed by atoms with van der Waals surface area (Å²) < 4.78 is 10.9. The van der Waals surface area contributed by atoms with Gasteiger partial charge in [-0.2, -0.15) is 0 Å². The monoisotopic (exact) mass is 280 g/mol. The van der Waals surface area contributed by atoms with Crippen molar-refractivity contribution in [1.82, 2.24) is 0 Å². The predicted octanol–water partition coefficient (Wildman–Crippen LogP) is 2.39. The van der Waals surface area contributed by atoms with Crippen molar-refractivity contribution < 1.29 is 14.4 Å². The van der Waals surface area contributed by atoms with E-state index in [1.807, 2.05) is 0 Å². The van der Waals surface area contributed by atoms with Gasteiger partial charge in [-0.25, -0.2) is 0 Å². The first-order valence-electron chi connectivity index (χ1n) is 6.79. The third kappa shape index (κ3) is 3.68. The van der Waals surface area contributed by atoms with Gasteiger partial charge in [-0.05, 0) is 24.5 Å². The summed E-state index contributed by atoms with van der Waals surface area (Å²) in [6, 6.07) is 4.72. The van der Waals surface area contributed by atoms with Crippen molar-refractivity contribution >= 4 is 5.69 Å². The van der Waals surface area contributed by atoms with E-state index in [9.17, 15) is 10.1 Å². The van der Waals surface area contributed by atoms with Crippen LogP contribution in [0.5, 0.6) is 5.75 Å². The molecule has 0 amide bonds. The molecular weight excluding hydrogens is 260 g/mol. The standard InChI is InChI=1S/C14H20N2O4/c1-19-12-7-10(6-11(8-12)16(17)18)9-20-14-5-3-2-4-13(14)15/h6-8,13-14H,2-5,9,15H2,1H3. The maximum atomic E-state index is 10.9. The molecule has 1 aromatic carbocycles. The molecule has 1 aromatic rings. The Kier molecular flexibility index (Phi) is 4.92. The molecule has 0 saturated heterocycles. The average Bonchev–Trinajstić information content (AvgIpc) is 2.46. The molecule has 2 N–H and O–H groups in total. The second kappa shape index (κ2) is 6.67. The van der Waals surface area contributed by atoms with Crippen LogP contribution in [0.2, 0.25) is 0 Å². The minimum atomic E-state index is -0.432. The first kappa shape index (κ1) is 14.7. The number of nitrogens with zero attached hydrogens (tertiary/aromatic N) is 1. The number of nitro benzene ring substituents is 1. The highest BCUT2D eigenvalue weighted by atomic mass is 16.6. The molecule has 1 aliphatic rings. The van der Waals surface area contributed by atoms with Crippen LogP contribution in [-0.4, -0.2) is 24.2 Å². The lowest BCUT2D eigenvalue weighted by atomic mass is 9.93. The van der Waals surface area contributed by atoms with Crippen LogP contribution < -0.4 is 10.5 Å². The summed E-state index contributed by atoms with van der Waals surface area (Å²) in [6.07, 6.45) is 4.23. The van der Waals surface area contributed by atoms with Gasteiger partial charge in [-0.1, -0.05) is 12.8 Å². The quantitative estimate of drug-likeness (QED) is 0.661. The fourth-order valence-electron chi connectivity index (χ4n) is 2.49. The van der Waals surface area contributed by atoms with E-state index >= 15 is 0 Å². The van der Waals surface area contributed by atoms with E-state index < -0.39 is 4.92 Å². The van der Waals surface area contributed by atoms with Crippen LogP contribution in [0.15, 0.2) is 18.2 Å². The van der Waals surface area contributed by atoms with Crippen molar-refractivity contribution in [3.05, 3.63) is 33.9 Å². The molecule has 6 nitrogen and oxygen atoms in total. The van der Waals surface area contributed by atoms with Crippen LogP contribution in [0.25, 0.3) is 0 Å². The highest BCUT2D eigenvalue weighted by Gasteiger charge is 2.22. The number of rotatable bonds is 5. The molecule has 2 rings (SSSR count). The molecule has 6 heteroatoms. The maximum Gasteiger partial charge on any atom is 0.273 e. The molecule has 0 spiro atoms. The number of nitro groups is 1. The maximum absolute atomic E-state index is 10.9. The lowest BCUT2D eigenvalue weighted by Gasteiger charge is -2.28. The fourth-order valence-corrected chi connectivity index (χ4v) is 2.49. The van der Waals surface area contributed by atoms with Crippen molar-refractivity contribution in [2.24, 2.45) is 5.73 Å². The molecule has 20 heavy (non-hydrogen) atoms. The van der Waals surface area contributed by atoms with E-state index in [2.05, 4.69) is 0 Å². The van der Waals surface area contributed by atoms with Crippen molar-refractivity contribution in [2.45, 2.75) is 44.4 Å². The van der Waals surface area contributed by atoms with Gasteiger partial charge in [-0.15, -0.1) is 0 Å². The zero-order valence-corrected chi connectivity index (χ0v) is 11.6. The summed E-state index contributed by atoms with van der Waals surface area (Å²) in [7, 11) is 1.49. The molecule has 2 atom stereocenters. The van der Waals surface area contributed by atoms with Gasteiger partial charge >= 0.3 is 0 Å². The third-order valence-corrected chi connectivity index (χ3v) is 3.62. The lowest BCUT2D eigenvalue weighted by molar-refractivity contribution is -0.385. The first-order chi connectivity index (χ1) is 9.60. The number of benzene rings is 1. The SMILES string of the molecule is COc1cc(COC2CCCCC2N)cc([N+](=O)[O-])c1. The van der Waals surface area contributed by atoms with Crippen molar-refractivity contribution in [1.29, 1.82) is 0 Å². The zero-order chi connectivity index (χ0) is 14.5. The van der Waals surface area contributed by atoms with Crippen molar-refractivity contribution in [3.8, 4) is 5.75 Å². The Balaban J connectivity index is 2.04. The van der Waals surface area contributed by atoms with Crippen LogP contribution >= 0.6 is 0 Å². The molecule has 0 aromatic heterocycles. The van der Waals surface area contributed by atoms with Gasteiger partial charge in [0.2, 0.25) is 0 Å². The minimum absolute atomic E-state index is 0.0101. The number of non-ortho nitro benzene ring substituents is 1. The molecule has 1 aliphatic carbocycles. The van der Waals surface area contributed by atoms with Crippen LogP contribution in [0.3, 0.4) is 0 Å². The van der Waals surface area contributed by atoms with Gasteiger partial charge in [0.15, 0.2) is 0 Å². The first-order valence-corrected chi connectivity index (χ1v) is 6.79. The van der Waals surface area contributed by atoms with Gasteiger partial charge in [-0.3, -0.25) is 10.1 Å². The Morgan fingerprint density at radius 1 is 1.35 bits per heavy atom. The molecule has 0 heterocycles. The molecule has 0 radical (unpaired) electrons. The summed E-state index contributed by atoms with van der Waals surface area (Å²) in [5, 5.41) is 10.9. The van der Waals surface area contributed by atoms with Gasteiger partial charge in [0.05, 0.1) is 30.8 Å². The number of methoxy groups -OCH3 is 1. The molecule has 1 saturated carbocycles. The average molecular weight is 280 g/mol. The Bertz CT molecular complexity index is 478.